The quantitative estimate of drug-likeness (QED) is 0.851. The number of benzene rings is 1. The lowest BCUT2D eigenvalue weighted by molar-refractivity contribution is 0.211. The van der Waals surface area contributed by atoms with Gasteiger partial charge in [-0.25, -0.2) is 4.98 Å². The maximum atomic E-state index is 9.95. The number of imidazole rings is 1. The molecular weight excluding hydrogens is 235 g/mol. The van der Waals surface area contributed by atoms with E-state index in [1.807, 2.05) is 0 Å². The van der Waals surface area contributed by atoms with E-state index in [0.717, 1.165) is 0 Å². The van der Waals surface area contributed by atoms with Crippen LogP contribution in [0.25, 0.3) is 0 Å². The summed E-state index contributed by atoms with van der Waals surface area (Å²) < 4.78 is 0. The van der Waals surface area contributed by atoms with Crippen molar-refractivity contribution in [3.05, 3.63) is 52.0 Å². The van der Waals surface area contributed by atoms with E-state index in [-0.39, 0.29) is 0 Å². The zero-order chi connectivity index (χ0) is 10.8. The Labute approximate surface area is 96.7 Å². The first-order valence-electron chi connectivity index (χ1n) is 4.31. The summed E-state index contributed by atoms with van der Waals surface area (Å²) in [4.78, 5) is 6.78. The minimum atomic E-state index is -0.883. The second-order valence-corrected chi connectivity index (χ2v) is 3.81. The molecule has 0 bridgehead atoms. The number of aromatic amines is 1. The van der Waals surface area contributed by atoms with Gasteiger partial charge in [0.25, 0.3) is 0 Å². The predicted octanol–water partition coefficient (Wildman–Crippen LogP) is 2.80. The van der Waals surface area contributed by atoms with Crippen LogP contribution in [0, 0.1) is 0 Å². The molecule has 1 aromatic carbocycles. The smallest absolute Gasteiger partial charge is 0.139 e. The lowest BCUT2D eigenvalue weighted by atomic mass is 10.1. The van der Waals surface area contributed by atoms with Gasteiger partial charge in [0.15, 0.2) is 0 Å². The third kappa shape index (κ3) is 2.00. The number of hydrogen-bond donors (Lipinski definition) is 2. The van der Waals surface area contributed by atoms with Crippen LogP contribution >= 0.6 is 23.2 Å². The first kappa shape index (κ1) is 10.5. The van der Waals surface area contributed by atoms with Crippen LogP contribution in [0.15, 0.2) is 30.6 Å². The highest BCUT2D eigenvalue weighted by molar-refractivity contribution is 6.42. The van der Waals surface area contributed by atoms with Crippen LogP contribution in [0.2, 0.25) is 10.0 Å². The largest absolute Gasteiger partial charge is 0.380 e. The Morgan fingerprint density at radius 3 is 2.80 bits per heavy atom. The van der Waals surface area contributed by atoms with Crippen LogP contribution in [0.5, 0.6) is 0 Å². The first-order chi connectivity index (χ1) is 7.20. The maximum absolute atomic E-state index is 9.95. The van der Waals surface area contributed by atoms with Crippen molar-refractivity contribution in [3.8, 4) is 0 Å². The summed E-state index contributed by atoms with van der Waals surface area (Å²) in [5, 5.41) is 10.7. The van der Waals surface area contributed by atoms with Crippen LogP contribution < -0.4 is 0 Å². The summed E-state index contributed by atoms with van der Waals surface area (Å²) in [6, 6.07) is 5.11. The zero-order valence-corrected chi connectivity index (χ0v) is 9.13. The predicted molar refractivity (Wildman–Crippen MR) is 59.1 cm³/mol. The first-order valence-corrected chi connectivity index (χ1v) is 5.07. The summed E-state index contributed by atoms with van der Waals surface area (Å²) >= 11 is 11.8. The number of rotatable bonds is 2. The Morgan fingerprint density at radius 1 is 1.33 bits per heavy atom. The number of aromatic nitrogens is 2. The monoisotopic (exact) mass is 242 g/mol. The van der Waals surface area contributed by atoms with Gasteiger partial charge in [0.2, 0.25) is 0 Å². The lowest BCUT2D eigenvalue weighted by Gasteiger charge is -2.10. The molecule has 1 aromatic heterocycles. The van der Waals surface area contributed by atoms with E-state index in [0.29, 0.717) is 21.4 Å². The molecule has 5 heteroatoms. The van der Waals surface area contributed by atoms with Gasteiger partial charge in [0.1, 0.15) is 11.9 Å². The number of halogens is 2. The number of hydrogen-bond acceptors (Lipinski definition) is 2. The topological polar surface area (TPSA) is 48.9 Å². The van der Waals surface area contributed by atoms with Crippen LogP contribution in [0.3, 0.4) is 0 Å². The Kier molecular flexibility index (Phi) is 2.95. The molecular formula is C10H8Cl2N2O. The zero-order valence-electron chi connectivity index (χ0n) is 7.61. The highest BCUT2D eigenvalue weighted by Crippen LogP contribution is 2.31. The molecule has 0 aliphatic rings. The van der Waals surface area contributed by atoms with Crippen LogP contribution in [-0.4, -0.2) is 15.1 Å². The molecule has 0 radical (unpaired) electrons. The van der Waals surface area contributed by atoms with Gasteiger partial charge in [-0.15, -0.1) is 0 Å². The van der Waals surface area contributed by atoms with E-state index < -0.39 is 6.10 Å². The lowest BCUT2D eigenvalue weighted by Crippen LogP contribution is -2.02. The Morgan fingerprint density at radius 2 is 2.13 bits per heavy atom. The van der Waals surface area contributed by atoms with Crippen molar-refractivity contribution in [2.75, 3.05) is 0 Å². The van der Waals surface area contributed by atoms with Gasteiger partial charge >= 0.3 is 0 Å². The van der Waals surface area contributed by atoms with E-state index in [4.69, 9.17) is 23.2 Å². The second kappa shape index (κ2) is 4.23. The van der Waals surface area contributed by atoms with Gasteiger partial charge in [-0.1, -0.05) is 35.3 Å². The summed E-state index contributed by atoms with van der Waals surface area (Å²) in [5.74, 6) is 0.444. The number of nitrogens with one attached hydrogen (secondary N) is 1. The molecule has 2 N–H and O–H groups in total. The fourth-order valence-electron chi connectivity index (χ4n) is 1.31. The Balaban J connectivity index is 2.42. The van der Waals surface area contributed by atoms with E-state index in [9.17, 15) is 5.11 Å². The molecule has 78 valence electrons. The summed E-state index contributed by atoms with van der Waals surface area (Å²) in [5.41, 5.74) is 0.541. The molecule has 2 aromatic rings. The summed E-state index contributed by atoms with van der Waals surface area (Å²) in [6.45, 7) is 0. The van der Waals surface area contributed by atoms with Gasteiger partial charge in [-0.3, -0.25) is 0 Å². The van der Waals surface area contributed by atoms with Crippen molar-refractivity contribution in [3.63, 3.8) is 0 Å². The summed E-state index contributed by atoms with van der Waals surface area (Å²) in [6.07, 6.45) is 2.32. The fourth-order valence-corrected chi connectivity index (χ4v) is 1.72. The minimum absolute atomic E-state index is 0.350. The van der Waals surface area contributed by atoms with Gasteiger partial charge in [-0.05, 0) is 6.07 Å². The second-order valence-electron chi connectivity index (χ2n) is 3.02. The number of nitrogens with zero attached hydrogens (tertiary/aromatic N) is 1. The maximum Gasteiger partial charge on any atom is 0.139 e. The van der Waals surface area contributed by atoms with Crippen molar-refractivity contribution in [2.24, 2.45) is 0 Å². The molecule has 1 atom stereocenters. The highest BCUT2D eigenvalue weighted by Gasteiger charge is 2.17. The van der Waals surface area contributed by atoms with Gasteiger partial charge in [-0.2, -0.15) is 0 Å². The molecule has 0 saturated carbocycles. The molecule has 0 spiro atoms. The molecule has 0 aliphatic carbocycles. The average molecular weight is 243 g/mol. The third-order valence-electron chi connectivity index (χ3n) is 2.05. The number of H-pyrrole nitrogens is 1. The van der Waals surface area contributed by atoms with Crippen LogP contribution in [0.4, 0.5) is 0 Å². The van der Waals surface area contributed by atoms with Crippen molar-refractivity contribution >= 4 is 23.2 Å². The Hall–Kier alpha value is -1.03. The molecule has 0 saturated heterocycles. The van der Waals surface area contributed by atoms with Gasteiger partial charge in [0, 0.05) is 18.0 Å². The molecule has 1 heterocycles. The number of aliphatic hydroxyl groups is 1. The molecule has 3 nitrogen and oxygen atoms in total. The molecule has 15 heavy (non-hydrogen) atoms. The highest BCUT2D eigenvalue weighted by atomic mass is 35.5. The molecule has 2 rings (SSSR count). The third-order valence-corrected chi connectivity index (χ3v) is 2.89. The Bertz CT molecular complexity index is 456. The van der Waals surface area contributed by atoms with E-state index in [1.54, 1.807) is 30.6 Å². The van der Waals surface area contributed by atoms with E-state index in [2.05, 4.69) is 9.97 Å². The average Bonchev–Trinajstić information content (AvgIpc) is 2.74. The van der Waals surface area contributed by atoms with Crippen molar-refractivity contribution in [2.45, 2.75) is 6.10 Å². The number of aliphatic hydroxyl groups excluding tert-OH is 1. The minimum Gasteiger partial charge on any atom is -0.380 e. The standard InChI is InChI=1S/C10H8Cl2N2O/c11-7-3-1-2-6(8(7)12)9(15)10-13-4-5-14-10/h1-5,9,15H,(H,13,14). The fraction of sp³-hybridized carbons (Fsp3) is 0.100. The molecule has 1 unspecified atom stereocenters. The van der Waals surface area contributed by atoms with Crippen molar-refractivity contribution in [1.29, 1.82) is 0 Å². The molecule has 0 amide bonds. The van der Waals surface area contributed by atoms with Crippen molar-refractivity contribution in [1.82, 2.24) is 9.97 Å². The molecule has 0 aliphatic heterocycles. The van der Waals surface area contributed by atoms with Crippen molar-refractivity contribution < 1.29 is 5.11 Å². The van der Waals surface area contributed by atoms with Gasteiger partial charge < -0.3 is 10.1 Å². The van der Waals surface area contributed by atoms with Crippen LogP contribution in [0.1, 0.15) is 17.5 Å². The summed E-state index contributed by atoms with van der Waals surface area (Å²) in [7, 11) is 0. The normalized spacial score (nSPS) is 12.7. The SMILES string of the molecule is OC(c1ncc[nH]1)c1cccc(Cl)c1Cl. The van der Waals surface area contributed by atoms with Gasteiger partial charge in [0.05, 0.1) is 10.0 Å². The van der Waals surface area contributed by atoms with E-state index in [1.165, 1.54) is 0 Å². The molecule has 0 fully saturated rings. The van der Waals surface area contributed by atoms with Crippen LogP contribution in [-0.2, 0) is 0 Å². The van der Waals surface area contributed by atoms with E-state index >= 15 is 0 Å².